The first-order chi connectivity index (χ1) is 8.66. The Morgan fingerprint density at radius 3 is 2.78 bits per heavy atom. The van der Waals surface area contributed by atoms with Crippen LogP contribution in [0.25, 0.3) is 0 Å². The zero-order chi connectivity index (χ0) is 13.0. The van der Waals surface area contributed by atoms with E-state index in [1.54, 1.807) is 6.26 Å². The summed E-state index contributed by atoms with van der Waals surface area (Å²) in [5, 5.41) is 5.82. The Hall–Kier alpha value is -1.06. The molecular weight excluding hydrogens is 242 g/mol. The third-order valence-electron chi connectivity index (χ3n) is 3.23. The summed E-state index contributed by atoms with van der Waals surface area (Å²) in [5.74, 6) is 1.07. The molecular formula is C15H21NOS. The summed E-state index contributed by atoms with van der Waals surface area (Å²) in [5.41, 5.74) is 1.39. The van der Waals surface area contributed by atoms with Crippen LogP contribution in [0, 0.1) is 6.92 Å². The Balaban J connectivity index is 1.80. The molecule has 2 rings (SSSR count). The van der Waals surface area contributed by atoms with E-state index in [9.17, 15) is 0 Å². The summed E-state index contributed by atoms with van der Waals surface area (Å²) in [7, 11) is 0. The van der Waals surface area contributed by atoms with Gasteiger partial charge < -0.3 is 9.73 Å². The second-order valence-electron chi connectivity index (χ2n) is 4.88. The Kier molecular flexibility index (Phi) is 4.61. The molecule has 0 spiro atoms. The van der Waals surface area contributed by atoms with Crippen molar-refractivity contribution in [2.45, 2.75) is 45.7 Å². The van der Waals surface area contributed by atoms with E-state index >= 15 is 0 Å². The highest BCUT2D eigenvalue weighted by molar-refractivity contribution is 7.10. The number of aryl methyl sites for hydroxylation is 2. The third-order valence-corrected chi connectivity index (χ3v) is 4.43. The molecule has 0 amide bonds. The van der Waals surface area contributed by atoms with Gasteiger partial charge in [-0.2, -0.15) is 0 Å². The number of thiophene rings is 1. The predicted molar refractivity (Wildman–Crippen MR) is 77.1 cm³/mol. The summed E-state index contributed by atoms with van der Waals surface area (Å²) < 4.78 is 5.35. The lowest BCUT2D eigenvalue weighted by Gasteiger charge is -2.19. The topological polar surface area (TPSA) is 25.2 Å². The van der Waals surface area contributed by atoms with Gasteiger partial charge in [0.25, 0.3) is 0 Å². The van der Waals surface area contributed by atoms with Crippen LogP contribution in [0.1, 0.15) is 42.5 Å². The normalized spacial score (nSPS) is 14.6. The molecule has 3 heteroatoms. The van der Waals surface area contributed by atoms with Crippen molar-refractivity contribution in [2.75, 3.05) is 0 Å². The summed E-state index contributed by atoms with van der Waals surface area (Å²) in [6.45, 7) is 6.65. The number of rotatable bonds is 6. The summed E-state index contributed by atoms with van der Waals surface area (Å²) in [6, 6.07) is 7.10. The maximum absolute atomic E-state index is 5.35. The van der Waals surface area contributed by atoms with Gasteiger partial charge >= 0.3 is 0 Å². The molecule has 0 radical (unpaired) electrons. The van der Waals surface area contributed by atoms with E-state index in [0.717, 1.165) is 18.6 Å². The van der Waals surface area contributed by atoms with Crippen LogP contribution in [0.4, 0.5) is 0 Å². The van der Waals surface area contributed by atoms with Gasteiger partial charge in [0.2, 0.25) is 0 Å². The molecule has 0 aliphatic heterocycles. The molecule has 2 heterocycles. The van der Waals surface area contributed by atoms with Crippen molar-refractivity contribution >= 4 is 11.3 Å². The highest BCUT2D eigenvalue weighted by Gasteiger charge is 2.12. The minimum Gasteiger partial charge on any atom is -0.469 e. The van der Waals surface area contributed by atoms with Crippen molar-refractivity contribution in [1.29, 1.82) is 0 Å². The monoisotopic (exact) mass is 263 g/mol. The second kappa shape index (κ2) is 6.21. The van der Waals surface area contributed by atoms with Gasteiger partial charge in [-0.25, -0.2) is 0 Å². The Labute approximate surface area is 113 Å². The lowest BCUT2D eigenvalue weighted by Crippen LogP contribution is -2.29. The predicted octanol–water partition coefficient (Wildman–Crippen LogP) is 4.32. The average molecular weight is 263 g/mol. The SMILES string of the molecule is Cc1ccsc1C(C)NC(C)CCc1ccco1. The lowest BCUT2D eigenvalue weighted by molar-refractivity contribution is 0.432. The van der Waals surface area contributed by atoms with Gasteiger partial charge in [-0.1, -0.05) is 0 Å². The van der Waals surface area contributed by atoms with Crippen LogP contribution >= 0.6 is 11.3 Å². The van der Waals surface area contributed by atoms with E-state index in [0.29, 0.717) is 12.1 Å². The molecule has 18 heavy (non-hydrogen) atoms. The maximum Gasteiger partial charge on any atom is 0.103 e. The van der Waals surface area contributed by atoms with Crippen molar-refractivity contribution in [3.8, 4) is 0 Å². The molecule has 2 aromatic heterocycles. The van der Waals surface area contributed by atoms with Crippen LogP contribution < -0.4 is 5.32 Å². The fourth-order valence-electron chi connectivity index (χ4n) is 2.23. The van der Waals surface area contributed by atoms with Crippen LogP contribution in [0.5, 0.6) is 0 Å². The minimum absolute atomic E-state index is 0.427. The molecule has 0 saturated heterocycles. The van der Waals surface area contributed by atoms with Crippen LogP contribution in [0.3, 0.4) is 0 Å². The Morgan fingerprint density at radius 1 is 1.33 bits per heavy atom. The molecule has 1 N–H and O–H groups in total. The van der Waals surface area contributed by atoms with Gasteiger partial charge in [-0.3, -0.25) is 0 Å². The first-order valence-electron chi connectivity index (χ1n) is 6.49. The highest BCUT2D eigenvalue weighted by Crippen LogP contribution is 2.24. The van der Waals surface area contributed by atoms with E-state index < -0.39 is 0 Å². The molecule has 2 aromatic rings. The zero-order valence-electron chi connectivity index (χ0n) is 11.3. The van der Waals surface area contributed by atoms with Gasteiger partial charge in [-0.05, 0) is 56.3 Å². The second-order valence-corrected chi connectivity index (χ2v) is 5.82. The average Bonchev–Trinajstić information content (AvgIpc) is 2.97. The largest absolute Gasteiger partial charge is 0.469 e. The molecule has 0 fully saturated rings. The van der Waals surface area contributed by atoms with Gasteiger partial charge in [0.1, 0.15) is 5.76 Å². The standard InChI is InChI=1S/C15H21NOS/c1-11-8-10-18-15(11)13(3)16-12(2)6-7-14-5-4-9-17-14/h4-5,8-10,12-13,16H,6-7H2,1-3H3. The van der Waals surface area contributed by atoms with Crippen LogP contribution in [-0.4, -0.2) is 6.04 Å². The molecule has 0 bridgehead atoms. The highest BCUT2D eigenvalue weighted by atomic mass is 32.1. The van der Waals surface area contributed by atoms with Crippen molar-refractivity contribution < 1.29 is 4.42 Å². The lowest BCUT2D eigenvalue weighted by atomic mass is 10.1. The smallest absolute Gasteiger partial charge is 0.103 e. The molecule has 0 saturated carbocycles. The number of hydrogen-bond donors (Lipinski definition) is 1. The van der Waals surface area contributed by atoms with Gasteiger partial charge in [-0.15, -0.1) is 11.3 Å². The van der Waals surface area contributed by atoms with Crippen LogP contribution in [0.2, 0.25) is 0 Å². The number of hydrogen-bond acceptors (Lipinski definition) is 3. The van der Waals surface area contributed by atoms with Gasteiger partial charge in [0, 0.05) is 23.4 Å². The number of nitrogens with one attached hydrogen (secondary N) is 1. The summed E-state index contributed by atoms with van der Waals surface area (Å²) in [6.07, 6.45) is 3.84. The first-order valence-corrected chi connectivity index (χ1v) is 7.37. The maximum atomic E-state index is 5.35. The zero-order valence-corrected chi connectivity index (χ0v) is 12.1. The van der Waals surface area contributed by atoms with Crippen LogP contribution in [-0.2, 0) is 6.42 Å². The molecule has 2 unspecified atom stereocenters. The van der Waals surface area contributed by atoms with E-state index in [1.807, 2.05) is 23.5 Å². The van der Waals surface area contributed by atoms with Gasteiger partial charge in [0.15, 0.2) is 0 Å². The fourth-order valence-corrected chi connectivity index (χ4v) is 3.17. The van der Waals surface area contributed by atoms with Crippen LogP contribution in [0.15, 0.2) is 34.3 Å². The molecule has 0 aliphatic carbocycles. The van der Waals surface area contributed by atoms with Crippen molar-refractivity contribution in [2.24, 2.45) is 0 Å². The fraction of sp³-hybridized carbons (Fsp3) is 0.467. The summed E-state index contributed by atoms with van der Waals surface area (Å²) >= 11 is 1.83. The van der Waals surface area contributed by atoms with E-state index in [4.69, 9.17) is 4.42 Å². The summed E-state index contributed by atoms with van der Waals surface area (Å²) in [4.78, 5) is 1.44. The Morgan fingerprint density at radius 2 is 2.17 bits per heavy atom. The van der Waals surface area contributed by atoms with Crippen molar-refractivity contribution in [1.82, 2.24) is 5.32 Å². The molecule has 0 aromatic carbocycles. The first kappa shape index (κ1) is 13.4. The Bertz CT molecular complexity index is 461. The van der Waals surface area contributed by atoms with E-state index in [1.165, 1.54) is 10.4 Å². The number of furan rings is 1. The van der Waals surface area contributed by atoms with Gasteiger partial charge in [0.05, 0.1) is 6.26 Å². The van der Waals surface area contributed by atoms with Crippen molar-refractivity contribution in [3.63, 3.8) is 0 Å². The van der Waals surface area contributed by atoms with E-state index in [-0.39, 0.29) is 0 Å². The van der Waals surface area contributed by atoms with Crippen molar-refractivity contribution in [3.05, 3.63) is 46.0 Å². The molecule has 98 valence electrons. The third kappa shape index (κ3) is 3.47. The molecule has 2 atom stereocenters. The molecule has 2 nitrogen and oxygen atoms in total. The van der Waals surface area contributed by atoms with E-state index in [2.05, 4.69) is 37.5 Å². The minimum atomic E-state index is 0.427. The molecule has 0 aliphatic rings. The quantitative estimate of drug-likeness (QED) is 0.839.